The second-order valence-corrected chi connectivity index (χ2v) is 7.61. The number of aromatic amines is 1. The Morgan fingerprint density at radius 2 is 1.96 bits per heavy atom. The first-order chi connectivity index (χ1) is 12.6. The lowest BCUT2D eigenvalue weighted by Gasteiger charge is -2.37. The van der Waals surface area contributed by atoms with Crippen LogP contribution in [0.15, 0.2) is 41.3 Å². The number of benzene rings is 1. The molecule has 1 atom stereocenters. The number of hydrogen-bond donors (Lipinski definition) is 2. The summed E-state index contributed by atoms with van der Waals surface area (Å²) in [6.07, 6.45) is 5.64. The van der Waals surface area contributed by atoms with Crippen molar-refractivity contribution in [1.82, 2.24) is 15.2 Å². The van der Waals surface area contributed by atoms with E-state index < -0.39 is 0 Å². The van der Waals surface area contributed by atoms with E-state index in [1.54, 1.807) is 0 Å². The Hall–Kier alpha value is -2.11. The van der Waals surface area contributed by atoms with Crippen molar-refractivity contribution in [3.05, 3.63) is 68.6 Å². The first kappa shape index (κ1) is 17.3. The SMILES string of the molecule is O=C(N[C@@H]1CCCN(C2Cc3ccccc3C2)C1)c1c[nH]c(=O)c(Cl)c1. The third-order valence-corrected chi connectivity index (χ3v) is 5.73. The highest BCUT2D eigenvalue weighted by Gasteiger charge is 2.31. The fourth-order valence-corrected chi connectivity index (χ4v) is 4.28. The number of nitrogens with one attached hydrogen (secondary N) is 2. The zero-order valence-corrected chi connectivity index (χ0v) is 15.3. The summed E-state index contributed by atoms with van der Waals surface area (Å²) in [7, 11) is 0. The molecule has 4 rings (SSSR count). The van der Waals surface area contributed by atoms with Crippen molar-refractivity contribution in [2.75, 3.05) is 13.1 Å². The van der Waals surface area contributed by atoms with Crippen LogP contribution in [0, 0.1) is 0 Å². The van der Waals surface area contributed by atoms with Crippen molar-refractivity contribution in [2.24, 2.45) is 0 Å². The maximum Gasteiger partial charge on any atom is 0.266 e. The lowest BCUT2D eigenvalue weighted by Crippen LogP contribution is -2.51. The number of piperidine rings is 1. The largest absolute Gasteiger partial charge is 0.348 e. The van der Waals surface area contributed by atoms with Gasteiger partial charge in [-0.05, 0) is 49.4 Å². The summed E-state index contributed by atoms with van der Waals surface area (Å²) < 4.78 is 0. The molecule has 1 saturated heterocycles. The lowest BCUT2D eigenvalue weighted by atomic mass is 10.0. The van der Waals surface area contributed by atoms with Gasteiger partial charge in [0.2, 0.25) is 0 Å². The number of nitrogens with zero attached hydrogens (tertiary/aromatic N) is 1. The second-order valence-electron chi connectivity index (χ2n) is 7.20. The summed E-state index contributed by atoms with van der Waals surface area (Å²) in [5.74, 6) is -0.190. The fraction of sp³-hybridized carbons (Fsp3) is 0.400. The number of carbonyl (C=O) groups is 1. The van der Waals surface area contributed by atoms with Crippen molar-refractivity contribution >= 4 is 17.5 Å². The smallest absolute Gasteiger partial charge is 0.266 e. The Morgan fingerprint density at radius 1 is 1.23 bits per heavy atom. The van der Waals surface area contributed by atoms with Crippen LogP contribution in [0.3, 0.4) is 0 Å². The van der Waals surface area contributed by atoms with E-state index >= 15 is 0 Å². The number of halogens is 1. The first-order valence-electron chi connectivity index (χ1n) is 9.10. The summed E-state index contributed by atoms with van der Waals surface area (Å²) in [6.45, 7) is 1.94. The van der Waals surface area contributed by atoms with Crippen molar-refractivity contribution in [1.29, 1.82) is 0 Å². The van der Waals surface area contributed by atoms with Crippen molar-refractivity contribution in [3.8, 4) is 0 Å². The number of likely N-dealkylation sites (tertiary alicyclic amines) is 1. The van der Waals surface area contributed by atoms with E-state index in [1.807, 2.05) is 0 Å². The highest BCUT2D eigenvalue weighted by molar-refractivity contribution is 6.30. The van der Waals surface area contributed by atoms with E-state index in [0.717, 1.165) is 38.8 Å². The van der Waals surface area contributed by atoms with Gasteiger partial charge in [0.1, 0.15) is 5.02 Å². The molecule has 2 heterocycles. The molecule has 0 spiro atoms. The number of fused-ring (bicyclic) bond motifs is 1. The zero-order chi connectivity index (χ0) is 18.1. The molecule has 1 fully saturated rings. The summed E-state index contributed by atoms with van der Waals surface area (Å²) in [4.78, 5) is 28.8. The molecule has 1 aromatic carbocycles. The minimum atomic E-state index is -0.382. The molecule has 1 aliphatic carbocycles. The average Bonchev–Trinajstić information content (AvgIpc) is 3.08. The minimum Gasteiger partial charge on any atom is -0.348 e. The Morgan fingerprint density at radius 3 is 2.65 bits per heavy atom. The van der Waals surface area contributed by atoms with Gasteiger partial charge in [-0.25, -0.2) is 0 Å². The van der Waals surface area contributed by atoms with Crippen LogP contribution < -0.4 is 10.9 Å². The molecule has 0 bridgehead atoms. The van der Waals surface area contributed by atoms with Gasteiger partial charge in [-0.3, -0.25) is 14.5 Å². The van der Waals surface area contributed by atoms with Crippen LogP contribution in [0.5, 0.6) is 0 Å². The topological polar surface area (TPSA) is 65.2 Å². The first-order valence-corrected chi connectivity index (χ1v) is 9.48. The molecule has 26 heavy (non-hydrogen) atoms. The van der Waals surface area contributed by atoms with Crippen LogP contribution in [-0.2, 0) is 12.8 Å². The molecule has 136 valence electrons. The third kappa shape index (κ3) is 3.55. The average molecular weight is 372 g/mol. The summed E-state index contributed by atoms with van der Waals surface area (Å²) in [5, 5.41) is 3.13. The Bertz CT molecular complexity index is 854. The van der Waals surface area contributed by atoms with Gasteiger partial charge in [-0.1, -0.05) is 35.9 Å². The van der Waals surface area contributed by atoms with Crippen molar-refractivity contribution in [3.63, 3.8) is 0 Å². The number of amides is 1. The number of pyridine rings is 1. The molecule has 2 aromatic rings. The highest BCUT2D eigenvalue weighted by Crippen LogP contribution is 2.27. The summed E-state index contributed by atoms with van der Waals surface area (Å²) in [5.41, 5.74) is 2.91. The van der Waals surface area contributed by atoms with E-state index in [0.29, 0.717) is 11.6 Å². The fourth-order valence-electron chi connectivity index (χ4n) is 4.11. The molecule has 1 aliphatic heterocycles. The number of carbonyl (C=O) groups excluding carboxylic acids is 1. The van der Waals surface area contributed by atoms with Crippen LogP contribution in [0.1, 0.15) is 34.3 Å². The monoisotopic (exact) mass is 371 g/mol. The van der Waals surface area contributed by atoms with Crippen LogP contribution in [0.4, 0.5) is 0 Å². The third-order valence-electron chi connectivity index (χ3n) is 5.45. The van der Waals surface area contributed by atoms with E-state index in [1.165, 1.54) is 23.4 Å². The molecule has 2 N–H and O–H groups in total. The molecule has 0 saturated carbocycles. The quantitative estimate of drug-likeness (QED) is 0.870. The highest BCUT2D eigenvalue weighted by atomic mass is 35.5. The maximum atomic E-state index is 12.5. The summed E-state index contributed by atoms with van der Waals surface area (Å²) >= 11 is 5.82. The van der Waals surface area contributed by atoms with Crippen molar-refractivity contribution < 1.29 is 4.79 Å². The van der Waals surface area contributed by atoms with Gasteiger partial charge in [0.15, 0.2) is 0 Å². The van der Waals surface area contributed by atoms with Crippen LogP contribution in [0.2, 0.25) is 5.02 Å². The molecule has 0 unspecified atom stereocenters. The molecule has 1 amide bonds. The predicted molar refractivity (Wildman–Crippen MR) is 102 cm³/mol. The van der Waals surface area contributed by atoms with Crippen LogP contribution >= 0.6 is 11.6 Å². The Labute approximate surface area is 157 Å². The number of hydrogen-bond acceptors (Lipinski definition) is 3. The van der Waals surface area contributed by atoms with E-state index in [2.05, 4.69) is 39.5 Å². The van der Waals surface area contributed by atoms with Gasteiger partial charge in [0.25, 0.3) is 11.5 Å². The Balaban J connectivity index is 1.39. The molecular weight excluding hydrogens is 350 g/mol. The molecule has 5 nitrogen and oxygen atoms in total. The molecular formula is C20H22ClN3O2. The van der Waals surface area contributed by atoms with Crippen molar-refractivity contribution in [2.45, 2.75) is 37.8 Å². The number of rotatable bonds is 3. The number of aromatic nitrogens is 1. The second kappa shape index (κ2) is 7.25. The molecule has 0 radical (unpaired) electrons. The molecule has 1 aromatic heterocycles. The van der Waals surface area contributed by atoms with E-state index in [-0.39, 0.29) is 22.5 Å². The van der Waals surface area contributed by atoms with E-state index in [9.17, 15) is 9.59 Å². The Kier molecular flexibility index (Phi) is 4.83. The van der Waals surface area contributed by atoms with Gasteiger partial charge in [0.05, 0.1) is 5.56 Å². The van der Waals surface area contributed by atoms with Crippen LogP contribution in [0.25, 0.3) is 0 Å². The van der Waals surface area contributed by atoms with Gasteiger partial charge in [-0.15, -0.1) is 0 Å². The number of H-pyrrole nitrogens is 1. The minimum absolute atomic E-state index is 0.0339. The standard InChI is InChI=1S/C20H22ClN3O2/c21-18-10-15(11-22-20(18)26)19(25)23-16-6-3-7-24(12-16)17-8-13-4-1-2-5-14(13)9-17/h1-2,4-5,10-11,16-17H,3,6-9,12H2,(H,22,26)(H,23,25)/t16-/m1/s1. The van der Waals surface area contributed by atoms with Gasteiger partial charge >= 0.3 is 0 Å². The maximum absolute atomic E-state index is 12.5. The van der Waals surface area contributed by atoms with Gasteiger partial charge in [0, 0.05) is 24.8 Å². The predicted octanol–water partition coefficient (Wildman–Crippen LogP) is 2.39. The lowest BCUT2D eigenvalue weighted by molar-refractivity contribution is 0.0876. The van der Waals surface area contributed by atoms with Crippen LogP contribution in [-0.4, -0.2) is 41.0 Å². The molecule has 2 aliphatic rings. The molecule has 6 heteroatoms. The van der Waals surface area contributed by atoms with E-state index in [4.69, 9.17) is 11.6 Å². The zero-order valence-electron chi connectivity index (χ0n) is 14.5. The van der Waals surface area contributed by atoms with Gasteiger partial charge < -0.3 is 10.3 Å². The summed E-state index contributed by atoms with van der Waals surface area (Å²) in [6, 6.07) is 10.7. The van der Waals surface area contributed by atoms with Gasteiger partial charge in [-0.2, -0.15) is 0 Å². The normalized spacial score (nSPS) is 20.7.